The van der Waals surface area contributed by atoms with Gasteiger partial charge >= 0.3 is 0 Å². The summed E-state index contributed by atoms with van der Waals surface area (Å²) < 4.78 is 4.10. The van der Waals surface area contributed by atoms with E-state index in [-0.39, 0.29) is 0 Å². The van der Waals surface area contributed by atoms with Gasteiger partial charge < -0.3 is 0 Å². The number of hydrogen-bond donors (Lipinski definition) is 0. The molecule has 0 aliphatic heterocycles. The predicted octanol–water partition coefficient (Wildman–Crippen LogP) is 8.51. The molecule has 0 fully saturated rings. The van der Waals surface area contributed by atoms with Crippen LogP contribution in [0.5, 0.6) is 0 Å². The lowest BCUT2D eigenvalue weighted by Crippen LogP contribution is -1.95. The van der Waals surface area contributed by atoms with Crippen molar-refractivity contribution in [3.63, 3.8) is 0 Å². The third-order valence-corrected chi connectivity index (χ3v) is 8.73. The smallest absolute Gasteiger partial charge is 0.0622 e. The molecule has 0 saturated carbocycles. The number of hydrogen-bond acceptors (Lipinski definition) is 3. The Morgan fingerprint density at radius 3 is 1.07 bits per heavy atom. The van der Waals surface area contributed by atoms with Crippen molar-refractivity contribution in [2.45, 2.75) is 5.92 Å². The summed E-state index contributed by atoms with van der Waals surface area (Å²) in [7, 11) is 0. The second-order valence-electron chi connectivity index (χ2n) is 6.99. The van der Waals surface area contributed by atoms with Gasteiger partial charge in [0.15, 0.2) is 0 Å². The molecule has 3 aromatic heterocycles. The van der Waals surface area contributed by atoms with E-state index in [4.69, 9.17) is 0 Å². The monoisotopic (exact) mass is 412 g/mol. The second-order valence-corrected chi connectivity index (χ2v) is 10.3. The third kappa shape index (κ3) is 2.70. The van der Waals surface area contributed by atoms with Gasteiger partial charge in [-0.3, -0.25) is 0 Å². The Morgan fingerprint density at radius 1 is 0.429 bits per heavy atom. The average Bonchev–Trinajstić information content (AvgIpc) is 3.44. The Bertz CT molecular complexity index is 1160. The molecule has 3 heteroatoms. The van der Waals surface area contributed by atoms with Crippen molar-refractivity contribution in [1.29, 1.82) is 0 Å². The highest BCUT2D eigenvalue weighted by molar-refractivity contribution is 7.22. The van der Waals surface area contributed by atoms with E-state index in [1.807, 2.05) is 34.0 Å². The summed E-state index contributed by atoms with van der Waals surface area (Å²) in [5, 5.41) is 4.03. The number of thiophene rings is 3. The van der Waals surface area contributed by atoms with Crippen LogP contribution in [0.25, 0.3) is 30.3 Å². The molecule has 0 N–H and O–H groups in total. The van der Waals surface area contributed by atoms with Gasteiger partial charge in [0, 0.05) is 28.7 Å². The lowest BCUT2D eigenvalue weighted by molar-refractivity contribution is 1.08. The first kappa shape index (κ1) is 16.5. The molecule has 0 nitrogen and oxygen atoms in total. The van der Waals surface area contributed by atoms with Crippen LogP contribution in [0.1, 0.15) is 20.5 Å². The summed E-state index contributed by atoms with van der Waals surface area (Å²) in [4.78, 5) is 4.29. The van der Waals surface area contributed by atoms with Crippen LogP contribution in [-0.4, -0.2) is 0 Å². The maximum atomic E-state index is 2.39. The summed E-state index contributed by atoms with van der Waals surface area (Å²) in [6, 6.07) is 33.3. The van der Waals surface area contributed by atoms with Crippen LogP contribution in [0, 0.1) is 0 Å². The first-order valence-electron chi connectivity index (χ1n) is 9.30. The Hall–Kier alpha value is -2.46. The minimum Gasteiger partial charge on any atom is -0.139 e. The highest BCUT2D eigenvalue weighted by Gasteiger charge is 2.23. The molecule has 0 saturated heterocycles. The van der Waals surface area contributed by atoms with Crippen LogP contribution < -0.4 is 0 Å². The van der Waals surface area contributed by atoms with E-state index in [1.54, 1.807) is 0 Å². The zero-order valence-electron chi connectivity index (χ0n) is 15.0. The van der Waals surface area contributed by atoms with Gasteiger partial charge in [-0.1, -0.05) is 54.6 Å². The van der Waals surface area contributed by atoms with Crippen LogP contribution in [0.2, 0.25) is 0 Å². The summed E-state index contributed by atoms with van der Waals surface area (Å²) in [5.74, 6) is 0.298. The van der Waals surface area contributed by atoms with Crippen LogP contribution in [-0.2, 0) is 0 Å². The van der Waals surface area contributed by atoms with Crippen molar-refractivity contribution < 1.29 is 0 Å². The van der Waals surface area contributed by atoms with E-state index in [1.165, 1.54) is 44.9 Å². The van der Waals surface area contributed by atoms with Gasteiger partial charge in [-0.2, -0.15) is 0 Å². The SMILES string of the molecule is c1ccc2sc(C(c3cc4ccccc4s3)c3cc4ccccc4s3)cc2c1. The van der Waals surface area contributed by atoms with Gasteiger partial charge in [0.05, 0.1) is 5.92 Å². The molecule has 0 spiro atoms. The molecule has 0 aliphatic carbocycles. The highest BCUT2D eigenvalue weighted by Crippen LogP contribution is 2.45. The van der Waals surface area contributed by atoms with Crippen molar-refractivity contribution in [3.05, 3.63) is 106 Å². The van der Waals surface area contributed by atoms with E-state index < -0.39 is 0 Å². The zero-order valence-corrected chi connectivity index (χ0v) is 17.4. The first-order chi connectivity index (χ1) is 13.8. The van der Waals surface area contributed by atoms with Crippen LogP contribution >= 0.6 is 34.0 Å². The van der Waals surface area contributed by atoms with Crippen LogP contribution in [0.15, 0.2) is 91.0 Å². The first-order valence-corrected chi connectivity index (χ1v) is 11.8. The fraction of sp³-hybridized carbons (Fsp3) is 0.0400. The molecular formula is C25H16S3. The highest BCUT2D eigenvalue weighted by atomic mass is 32.1. The normalized spacial score (nSPS) is 11.9. The van der Waals surface area contributed by atoms with Crippen molar-refractivity contribution in [1.82, 2.24) is 0 Å². The van der Waals surface area contributed by atoms with Gasteiger partial charge in [-0.05, 0) is 52.6 Å². The molecule has 0 bridgehead atoms. The van der Waals surface area contributed by atoms with E-state index >= 15 is 0 Å². The van der Waals surface area contributed by atoms with E-state index in [9.17, 15) is 0 Å². The molecular weight excluding hydrogens is 396 g/mol. The minimum absolute atomic E-state index is 0.298. The van der Waals surface area contributed by atoms with Crippen molar-refractivity contribution in [2.75, 3.05) is 0 Å². The second kappa shape index (κ2) is 6.56. The van der Waals surface area contributed by atoms with Crippen LogP contribution in [0.3, 0.4) is 0 Å². The maximum Gasteiger partial charge on any atom is 0.0622 e. The lowest BCUT2D eigenvalue weighted by atomic mass is 10.0. The molecule has 0 aliphatic rings. The number of rotatable bonds is 3. The molecule has 6 rings (SSSR count). The predicted molar refractivity (Wildman–Crippen MR) is 126 cm³/mol. The molecule has 6 aromatic rings. The maximum absolute atomic E-state index is 2.39. The average molecular weight is 413 g/mol. The van der Waals surface area contributed by atoms with Crippen LogP contribution in [0.4, 0.5) is 0 Å². The Labute approximate surface area is 175 Å². The minimum atomic E-state index is 0.298. The Kier molecular flexibility index (Phi) is 3.86. The molecule has 0 atom stereocenters. The van der Waals surface area contributed by atoms with Gasteiger partial charge in [0.1, 0.15) is 0 Å². The molecule has 0 amide bonds. The van der Waals surface area contributed by atoms with E-state index in [2.05, 4.69) is 91.0 Å². The molecule has 28 heavy (non-hydrogen) atoms. The Morgan fingerprint density at radius 2 is 0.750 bits per heavy atom. The van der Waals surface area contributed by atoms with Crippen molar-refractivity contribution >= 4 is 64.3 Å². The zero-order chi connectivity index (χ0) is 18.5. The lowest BCUT2D eigenvalue weighted by Gasteiger charge is -2.11. The fourth-order valence-electron chi connectivity index (χ4n) is 3.85. The summed E-state index contributed by atoms with van der Waals surface area (Å²) >= 11 is 5.78. The quantitative estimate of drug-likeness (QED) is 0.273. The largest absolute Gasteiger partial charge is 0.139 e. The fourth-order valence-corrected chi connectivity index (χ4v) is 7.69. The topological polar surface area (TPSA) is 0 Å². The van der Waals surface area contributed by atoms with E-state index in [0.717, 1.165) is 0 Å². The summed E-state index contributed by atoms with van der Waals surface area (Å²) in [6.07, 6.45) is 0. The van der Waals surface area contributed by atoms with Crippen molar-refractivity contribution in [3.8, 4) is 0 Å². The molecule has 3 aromatic carbocycles. The summed E-state index contributed by atoms with van der Waals surface area (Å²) in [6.45, 7) is 0. The van der Waals surface area contributed by atoms with Crippen molar-refractivity contribution in [2.24, 2.45) is 0 Å². The van der Waals surface area contributed by atoms with Gasteiger partial charge in [-0.25, -0.2) is 0 Å². The molecule has 3 heterocycles. The molecule has 0 unspecified atom stereocenters. The summed E-state index contributed by atoms with van der Waals surface area (Å²) in [5.41, 5.74) is 0. The van der Waals surface area contributed by atoms with Gasteiger partial charge in [0.25, 0.3) is 0 Å². The number of benzene rings is 3. The molecule has 134 valence electrons. The number of fused-ring (bicyclic) bond motifs is 3. The Balaban J connectivity index is 1.60. The van der Waals surface area contributed by atoms with Gasteiger partial charge in [-0.15, -0.1) is 34.0 Å². The third-order valence-electron chi connectivity index (χ3n) is 5.19. The standard InChI is InChI=1S/C25H16S3/c1-4-10-19-16(7-1)13-22(26-19)25(23-14-17-8-2-5-11-20(17)27-23)24-15-18-9-3-6-12-21(18)28-24/h1-15,25H. The molecule has 0 radical (unpaired) electrons. The van der Waals surface area contributed by atoms with Gasteiger partial charge in [0.2, 0.25) is 0 Å². The van der Waals surface area contributed by atoms with E-state index in [0.29, 0.717) is 5.92 Å².